The van der Waals surface area contributed by atoms with Crippen molar-refractivity contribution in [1.82, 2.24) is 9.80 Å². The molecule has 0 bridgehead atoms. The van der Waals surface area contributed by atoms with E-state index in [1.165, 1.54) is 12.8 Å². The van der Waals surface area contributed by atoms with Crippen molar-refractivity contribution in [3.05, 3.63) is 0 Å². The van der Waals surface area contributed by atoms with Gasteiger partial charge in [-0.3, -0.25) is 0 Å². The first kappa shape index (κ1) is 12.9. The van der Waals surface area contributed by atoms with E-state index in [1.807, 2.05) is 6.92 Å². The molecule has 0 aromatic rings. The summed E-state index contributed by atoms with van der Waals surface area (Å²) in [6.07, 6.45) is 2.38. The number of aliphatic hydroxyl groups is 1. The van der Waals surface area contributed by atoms with Crippen LogP contribution in [-0.2, 0) is 0 Å². The standard InChI is InChI=1S/C11H25N3O/c1-11(15,8-12)9-14-6-4-10(5-7-14)13(2)3/h10,15H,4-9,12H2,1-3H3. The summed E-state index contributed by atoms with van der Waals surface area (Å²) >= 11 is 0. The maximum atomic E-state index is 9.87. The zero-order valence-corrected chi connectivity index (χ0v) is 10.2. The molecule has 4 nitrogen and oxygen atoms in total. The van der Waals surface area contributed by atoms with Gasteiger partial charge in [-0.25, -0.2) is 0 Å². The summed E-state index contributed by atoms with van der Waals surface area (Å²) in [5.41, 5.74) is 4.78. The van der Waals surface area contributed by atoms with Crippen molar-refractivity contribution in [2.45, 2.75) is 31.4 Å². The van der Waals surface area contributed by atoms with Gasteiger partial charge in [-0.2, -0.15) is 0 Å². The molecule has 1 unspecified atom stereocenters. The molecule has 0 aromatic carbocycles. The lowest BCUT2D eigenvalue weighted by molar-refractivity contribution is 0.0139. The fourth-order valence-electron chi connectivity index (χ4n) is 2.14. The van der Waals surface area contributed by atoms with Crippen molar-refractivity contribution in [1.29, 1.82) is 0 Å². The second kappa shape index (κ2) is 5.25. The molecule has 15 heavy (non-hydrogen) atoms. The van der Waals surface area contributed by atoms with Crippen molar-refractivity contribution in [3.63, 3.8) is 0 Å². The Morgan fingerprint density at radius 3 is 2.33 bits per heavy atom. The predicted molar refractivity (Wildman–Crippen MR) is 62.8 cm³/mol. The van der Waals surface area contributed by atoms with Crippen molar-refractivity contribution in [2.24, 2.45) is 5.73 Å². The van der Waals surface area contributed by atoms with Gasteiger partial charge >= 0.3 is 0 Å². The fourth-order valence-corrected chi connectivity index (χ4v) is 2.14. The van der Waals surface area contributed by atoms with Crippen molar-refractivity contribution >= 4 is 0 Å². The maximum absolute atomic E-state index is 9.87. The van der Waals surface area contributed by atoms with Crippen molar-refractivity contribution < 1.29 is 5.11 Å². The topological polar surface area (TPSA) is 52.7 Å². The summed E-state index contributed by atoms with van der Waals surface area (Å²) in [6.45, 7) is 4.98. The minimum absolute atomic E-state index is 0.334. The highest BCUT2D eigenvalue weighted by Gasteiger charge is 2.26. The molecule has 0 aromatic heterocycles. The van der Waals surface area contributed by atoms with Crippen LogP contribution in [0.5, 0.6) is 0 Å². The molecule has 1 atom stereocenters. The van der Waals surface area contributed by atoms with E-state index in [9.17, 15) is 5.11 Å². The van der Waals surface area contributed by atoms with Gasteiger partial charge in [0.2, 0.25) is 0 Å². The molecule has 1 heterocycles. The summed E-state index contributed by atoms with van der Waals surface area (Å²) < 4.78 is 0. The van der Waals surface area contributed by atoms with Crippen LogP contribution in [0.3, 0.4) is 0 Å². The largest absolute Gasteiger partial charge is 0.388 e. The Morgan fingerprint density at radius 2 is 1.93 bits per heavy atom. The first-order valence-corrected chi connectivity index (χ1v) is 5.76. The molecule has 0 radical (unpaired) electrons. The van der Waals surface area contributed by atoms with Crippen LogP contribution in [0.15, 0.2) is 0 Å². The Labute approximate surface area is 93.0 Å². The zero-order valence-electron chi connectivity index (χ0n) is 10.2. The van der Waals surface area contributed by atoms with Gasteiger partial charge in [0.15, 0.2) is 0 Å². The summed E-state index contributed by atoms with van der Waals surface area (Å²) in [6, 6.07) is 0.698. The van der Waals surface area contributed by atoms with E-state index < -0.39 is 5.60 Å². The average molecular weight is 215 g/mol. The second-order valence-electron chi connectivity index (χ2n) is 5.17. The molecule has 90 valence electrons. The van der Waals surface area contributed by atoms with Crippen LogP contribution in [0, 0.1) is 0 Å². The zero-order chi connectivity index (χ0) is 11.5. The molecule has 1 fully saturated rings. The van der Waals surface area contributed by atoms with E-state index in [4.69, 9.17) is 5.73 Å². The third-order valence-electron chi connectivity index (χ3n) is 3.29. The summed E-state index contributed by atoms with van der Waals surface area (Å²) in [4.78, 5) is 4.60. The van der Waals surface area contributed by atoms with Crippen LogP contribution in [0.1, 0.15) is 19.8 Å². The smallest absolute Gasteiger partial charge is 0.0867 e. The molecule has 0 amide bonds. The molecule has 4 heteroatoms. The SMILES string of the molecule is CN(C)C1CCN(CC(C)(O)CN)CC1. The number of hydrogen-bond acceptors (Lipinski definition) is 4. The van der Waals surface area contributed by atoms with Crippen LogP contribution in [-0.4, -0.2) is 66.8 Å². The molecule has 3 N–H and O–H groups in total. The van der Waals surface area contributed by atoms with Gasteiger partial charge in [-0.05, 0) is 47.0 Å². The highest BCUT2D eigenvalue weighted by molar-refractivity contribution is 4.83. The number of likely N-dealkylation sites (tertiary alicyclic amines) is 1. The fraction of sp³-hybridized carbons (Fsp3) is 1.00. The lowest BCUT2D eigenvalue weighted by Gasteiger charge is -2.38. The molecule has 1 rings (SSSR count). The lowest BCUT2D eigenvalue weighted by atomic mass is 10.0. The molecule has 0 aliphatic carbocycles. The molecule has 1 saturated heterocycles. The number of rotatable bonds is 4. The van der Waals surface area contributed by atoms with Crippen LogP contribution < -0.4 is 5.73 Å². The molecule has 0 spiro atoms. The number of β-amino-alcohol motifs (C(OH)–C–C–N with tert-alkyl or cyclic N) is 1. The monoisotopic (exact) mass is 215 g/mol. The minimum Gasteiger partial charge on any atom is -0.388 e. The highest BCUT2D eigenvalue weighted by atomic mass is 16.3. The summed E-state index contributed by atoms with van der Waals surface area (Å²) in [5, 5.41) is 9.87. The van der Waals surface area contributed by atoms with Crippen LogP contribution in [0.25, 0.3) is 0 Å². The van der Waals surface area contributed by atoms with Crippen molar-refractivity contribution in [3.8, 4) is 0 Å². The van der Waals surface area contributed by atoms with E-state index in [-0.39, 0.29) is 0 Å². The molecule has 1 aliphatic rings. The normalized spacial score (nSPS) is 24.4. The van der Waals surface area contributed by atoms with Gasteiger partial charge in [0.05, 0.1) is 5.60 Å². The van der Waals surface area contributed by atoms with Gasteiger partial charge in [-0.1, -0.05) is 0 Å². The van der Waals surface area contributed by atoms with Crippen molar-refractivity contribution in [2.75, 3.05) is 40.3 Å². The van der Waals surface area contributed by atoms with Gasteiger partial charge in [0.25, 0.3) is 0 Å². The maximum Gasteiger partial charge on any atom is 0.0867 e. The van der Waals surface area contributed by atoms with E-state index >= 15 is 0 Å². The quantitative estimate of drug-likeness (QED) is 0.677. The Morgan fingerprint density at radius 1 is 1.40 bits per heavy atom. The average Bonchev–Trinajstić information content (AvgIpc) is 2.18. The molecular formula is C11H25N3O. The molecule has 0 saturated carbocycles. The summed E-state index contributed by atoms with van der Waals surface area (Å²) in [7, 11) is 4.27. The lowest BCUT2D eigenvalue weighted by Crippen LogP contribution is -2.50. The number of nitrogens with two attached hydrogens (primary N) is 1. The molecule has 1 aliphatic heterocycles. The van der Waals surface area contributed by atoms with E-state index in [0.717, 1.165) is 13.1 Å². The number of nitrogens with zero attached hydrogens (tertiary/aromatic N) is 2. The van der Waals surface area contributed by atoms with E-state index in [1.54, 1.807) is 0 Å². The molecular weight excluding hydrogens is 190 g/mol. The Balaban J connectivity index is 2.32. The third kappa shape index (κ3) is 4.07. The minimum atomic E-state index is -0.731. The highest BCUT2D eigenvalue weighted by Crippen LogP contribution is 2.16. The Kier molecular flexibility index (Phi) is 4.52. The Hall–Kier alpha value is -0.160. The van der Waals surface area contributed by atoms with Crippen LogP contribution in [0.4, 0.5) is 0 Å². The predicted octanol–water partition coefficient (Wildman–Crippen LogP) is -0.278. The first-order valence-electron chi connectivity index (χ1n) is 5.76. The Bertz CT molecular complexity index is 186. The van der Waals surface area contributed by atoms with E-state index in [2.05, 4.69) is 23.9 Å². The van der Waals surface area contributed by atoms with Crippen LogP contribution >= 0.6 is 0 Å². The third-order valence-corrected chi connectivity index (χ3v) is 3.29. The van der Waals surface area contributed by atoms with Crippen LogP contribution in [0.2, 0.25) is 0 Å². The van der Waals surface area contributed by atoms with E-state index in [0.29, 0.717) is 19.1 Å². The summed E-state index contributed by atoms with van der Waals surface area (Å²) in [5.74, 6) is 0. The first-order chi connectivity index (χ1) is 6.94. The number of piperidine rings is 1. The second-order valence-corrected chi connectivity index (χ2v) is 5.17. The number of hydrogen-bond donors (Lipinski definition) is 2. The van der Waals surface area contributed by atoms with Gasteiger partial charge < -0.3 is 20.6 Å². The van der Waals surface area contributed by atoms with Gasteiger partial charge in [-0.15, -0.1) is 0 Å². The van der Waals surface area contributed by atoms with Gasteiger partial charge in [0, 0.05) is 19.1 Å². The van der Waals surface area contributed by atoms with Gasteiger partial charge in [0.1, 0.15) is 0 Å².